The molecule has 170 valence electrons. The number of amides is 1. The average Bonchev–Trinajstić information content (AvgIpc) is 2.82. The Kier molecular flexibility index (Phi) is 6.65. The van der Waals surface area contributed by atoms with Gasteiger partial charge in [0.05, 0.1) is 10.5 Å². The van der Waals surface area contributed by atoms with Gasteiger partial charge in [-0.05, 0) is 42.8 Å². The number of nitrogens with one attached hydrogen (secondary N) is 1. The fraction of sp³-hybridized carbons (Fsp3) is 0.240. The minimum absolute atomic E-state index is 0.0928. The molecule has 3 aromatic rings. The third kappa shape index (κ3) is 5.35. The van der Waals surface area contributed by atoms with E-state index in [4.69, 9.17) is 0 Å². The summed E-state index contributed by atoms with van der Waals surface area (Å²) >= 11 is 0. The van der Waals surface area contributed by atoms with Crippen LogP contribution in [0, 0.1) is 22.9 Å². The standard InChI is InChI=1S/C25H25FN4O3/c1-18-23(26)15-20(16-24(18)30(32)33)25(31)27-21-7-9-22(10-8-21)29-13-11-28(12-14-29)17-19-5-3-2-4-6-19/h2-10,15-16H,11-14,17H2,1H3,(H,27,31). The van der Waals surface area contributed by atoms with E-state index in [1.807, 2.05) is 18.2 Å². The molecule has 1 heterocycles. The van der Waals surface area contributed by atoms with E-state index in [2.05, 4.69) is 39.4 Å². The number of carbonyl (C=O) groups excluding carboxylic acids is 1. The zero-order valence-electron chi connectivity index (χ0n) is 18.3. The Hall–Kier alpha value is -3.78. The normalized spacial score (nSPS) is 14.2. The van der Waals surface area contributed by atoms with Crippen molar-refractivity contribution in [1.29, 1.82) is 0 Å². The first-order chi connectivity index (χ1) is 15.9. The highest BCUT2D eigenvalue weighted by Gasteiger charge is 2.20. The molecule has 0 aliphatic carbocycles. The maximum absolute atomic E-state index is 14.0. The van der Waals surface area contributed by atoms with Crippen molar-refractivity contribution in [3.05, 3.63) is 99.4 Å². The molecule has 0 aromatic heterocycles. The fourth-order valence-corrected chi connectivity index (χ4v) is 3.95. The second kappa shape index (κ2) is 9.79. The molecule has 1 aliphatic heterocycles. The molecule has 0 radical (unpaired) electrons. The second-order valence-corrected chi connectivity index (χ2v) is 8.11. The van der Waals surface area contributed by atoms with E-state index in [0.29, 0.717) is 5.69 Å². The first-order valence-corrected chi connectivity index (χ1v) is 10.8. The monoisotopic (exact) mass is 448 g/mol. The number of halogens is 1. The van der Waals surface area contributed by atoms with Crippen LogP contribution in [0.2, 0.25) is 0 Å². The topological polar surface area (TPSA) is 78.7 Å². The first-order valence-electron chi connectivity index (χ1n) is 10.8. The van der Waals surface area contributed by atoms with Crippen molar-refractivity contribution < 1.29 is 14.1 Å². The molecule has 0 bridgehead atoms. The van der Waals surface area contributed by atoms with Crippen LogP contribution in [-0.2, 0) is 6.54 Å². The van der Waals surface area contributed by atoms with Gasteiger partial charge in [-0.15, -0.1) is 0 Å². The molecule has 1 saturated heterocycles. The Morgan fingerprint density at radius 1 is 1.03 bits per heavy atom. The van der Waals surface area contributed by atoms with Crippen LogP contribution < -0.4 is 10.2 Å². The summed E-state index contributed by atoms with van der Waals surface area (Å²) in [4.78, 5) is 27.7. The van der Waals surface area contributed by atoms with Crippen LogP contribution in [-0.4, -0.2) is 41.9 Å². The SMILES string of the molecule is Cc1c(F)cc(C(=O)Nc2ccc(N3CCN(Cc4ccccc4)CC3)cc2)cc1[N+](=O)[O-]. The maximum Gasteiger partial charge on any atom is 0.276 e. The van der Waals surface area contributed by atoms with Gasteiger partial charge in [0.2, 0.25) is 0 Å². The number of nitrogens with zero attached hydrogens (tertiary/aromatic N) is 3. The first kappa shape index (κ1) is 22.4. The van der Waals surface area contributed by atoms with Crippen molar-refractivity contribution in [1.82, 2.24) is 4.90 Å². The molecule has 0 spiro atoms. The molecule has 0 unspecified atom stereocenters. The van der Waals surface area contributed by atoms with E-state index < -0.39 is 22.3 Å². The summed E-state index contributed by atoms with van der Waals surface area (Å²) in [6.07, 6.45) is 0. The summed E-state index contributed by atoms with van der Waals surface area (Å²) in [5.41, 5.74) is 2.31. The number of nitro benzene ring substituents is 1. The largest absolute Gasteiger partial charge is 0.369 e. The number of hydrogen-bond acceptors (Lipinski definition) is 5. The third-order valence-electron chi connectivity index (χ3n) is 5.89. The third-order valence-corrected chi connectivity index (χ3v) is 5.89. The number of carbonyl (C=O) groups is 1. The summed E-state index contributed by atoms with van der Waals surface area (Å²) in [6.45, 7) is 6.00. The van der Waals surface area contributed by atoms with Crippen LogP contribution in [0.4, 0.5) is 21.5 Å². The van der Waals surface area contributed by atoms with E-state index in [1.54, 1.807) is 12.1 Å². The average molecular weight is 448 g/mol. The Labute approximate surface area is 191 Å². The van der Waals surface area contributed by atoms with Crippen LogP contribution in [0.25, 0.3) is 0 Å². The summed E-state index contributed by atoms with van der Waals surface area (Å²) in [6, 6.07) is 20.0. The quantitative estimate of drug-likeness (QED) is 0.440. The predicted molar refractivity (Wildman–Crippen MR) is 126 cm³/mol. The number of piperazine rings is 1. The van der Waals surface area contributed by atoms with Crippen LogP contribution in [0.5, 0.6) is 0 Å². The van der Waals surface area contributed by atoms with Gasteiger partial charge in [-0.1, -0.05) is 30.3 Å². The lowest BCUT2D eigenvalue weighted by atomic mass is 10.1. The fourth-order valence-electron chi connectivity index (χ4n) is 3.95. The Morgan fingerprint density at radius 2 is 1.70 bits per heavy atom. The molecule has 1 aliphatic rings. The van der Waals surface area contributed by atoms with Crippen molar-refractivity contribution in [2.75, 3.05) is 36.4 Å². The molecule has 0 saturated carbocycles. The molecule has 4 rings (SSSR count). The number of benzene rings is 3. The van der Waals surface area contributed by atoms with E-state index in [1.165, 1.54) is 12.5 Å². The summed E-state index contributed by atoms with van der Waals surface area (Å²) in [5.74, 6) is -1.38. The highest BCUT2D eigenvalue weighted by Crippen LogP contribution is 2.24. The zero-order chi connectivity index (χ0) is 23.4. The van der Waals surface area contributed by atoms with Gasteiger partial charge < -0.3 is 10.2 Å². The summed E-state index contributed by atoms with van der Waals surface area (Å²) in [7, 11) is 0. The van der Waals surface area contributed by atoms with E-state index in [-0.39, 0.29) is 11.1 Å². The number of hydrogen-bond donors (Lipinski definition) is 1. The number of rotatable bonds is 6. The molecule has 33 heavy (non-hydrogen) atoms. The molecular formula is C25H25FN4O3. The smallest absolute Gasteiger partial charge is 0.276 e. The van der Waals surface area contributed by atoms with Gasteiger partial charge in [0.1, 0.15) is 5.82 Å². The van der Waals surface area contributed by atoms with Gasteiger partial charge in [0.15, 0.2) is 0 Å². The lowest BCUT2D eigenvalue weighted by Crippen LogP contribution is -2.45. The molecule has 1 fully saturated rings. The molecular weight excluding hydrogens is 423 g/mol. The number of anilines is 2. The van der Waals surface area contributed by atoms with Crippen molar-refractivity contribution in [2.45, 2.75) is 13.5 Å². The minimum Gasteiger partial charge on any atom is -0.369 e. The van der Waals surface area contributed by atoms with Crippen molar-refractivity contribution in [3.8, 4) is 0 Å². The Balaban J connectivity index is 1.35. The lowest BCUT2D eigenvalue weighted by molar-refractivity contribution is -0.385. The van der Waals surface area contributed by atoms with Gasteiger partial charge in [0, 0.05) is 55.7 Å². The second-order valence-electron chi connectivity index (χ2n) is 8.11. The van der Waals surface area contributed by atoms with Gasteiger partial charge in [-0.3, -0.25) is 19.8 Å². The predicted octanol–water partition coefficient (Wildman–Crippen LogP) is 4.62. The minimum atomic E-state index is -0.781. The van der Waals surface area contributed by atoms with Gasteiger partial charge in [0.25, 0.3) is 11.6 Å². The lowest BCUT2D eigenvalue weighted by Gasteiger charge is -2.36. The van der Waals surface area contributed by atoms with Crippen LogP contribution in [0.15, 0.2) is 66.7 Å². The highest BCUT2D eigenvalue weighted by atomic mass is 19.1. The molecule has 1 N–H and O–H groups in total. The van der Waals surface area contributed by atoms with Crippen LogP contribution >= 0.6 is 0 Å². The number of nitro groups is 1. The Bertz CT molecular complexity index is 1140. The van der Waals surface area contributed by atoms with Crippen molar-refractivity contribution >= 4 is 23.0 Å². The van der Waals surface area contributed by atoms with Crippen molar-refractivity contribution in [2.24, 2.45) is 0 Å². The van der Waals surface area contributed by atoms with Gasteiger partial charge in [-0.25, -0.2) is 4.39 Å². The molecule has 3 aromatic carbocycles. The van der Waals surface area contributed by atoms with Crippen LogP contribution in [0.1, 0.15) is 21.5 Å². The molecule has 7 nitrogen and oxygen atoms in total. The summed E-state index contributed by atoms with van der Waals surface area (Å²) in [5, 5.41) is 13.8. The zero-order valence-corrected chi connectivity index (χ0v) is 18.3. The van der Waals surface area contributed by atoms with Crippen molar-refractivity contribution in [3.63, 3.8) is 0 Å². The molecule has 1 amide bonds. The van der Waals surface area contributed by atoms with E-state index in [9.17, 15) is 19.3 Å². The van der Waals surface area contributed by atoms with E-state index >= 15 is 0 Å². The molecule has 8 heteroatoms. The highest BCUT2D eigenvalue weighted by molar-refractivity contribution is 6.04. The van der Waals surface area contributed by atoms with E-state index in [0.717, 1.165) is 50.5 Å². The van der Waals surface area contributed by atoms with Gasteiger partial charge >= 0.3 is 0 Å². The van der Waals surface area contributed by atoms with Gasteiger partial charge in [-0.2, -0.15) is 0 Å². The summed E-state index contributed by atoms with van der Waals surface area (Å²) < 4.78 is 14.0. The maximum atomic E-state index is 14.0. The molecule has 0 atom stereocenters. The Morgan fingerprint density at radius 3 is 2.33 bits per heavy atom. The van der Waals surface area contributed by atoms with Crippen LogP contribution in [0.3, 0.4) is 0 Å².